The quantitative estimate of drug-likeness (QED) is 0.431. The highest BCUT2D eigenvalue weighted by atomic mass is 16.9. The van der Waals surface area contributed by atoms with Gasteiger partial charge in [0.1, 0.15) is 0 Å². The van der Waals surface area contributed by atoms with Crippen LogP contribution < -0.4 is 0 Å². The van der Waals surface area contributed by atoms with Gasteiger partial charge in [-0.2, -0.15) is 0 Å². The number of aliphatic hydroxyl groups is 2. The zero-order chi connectivity index (χ0) is 24.2. The van der Waals surface area contributed by atoms with Crippen molar-refractivity contribution in [3.63, 3.8) is 0 Å². The summed E-state index contributed by atoms with van der Waals surface area (Å²) in [5.41, 5.74) is 0. The van der Waals surface area contributed by atoms with Crippen LogP contribution in [0.4, 0.5) is 0 Å². The molecule has 2 fully saturated rings. The standard InChI is InChI=1S/C23H36O10/c24-18-13-9-5-1-2-6-10-14-19(25)31-22(28,17-30-18)23(29)32-20(26)15-11-7-3-4-8-12-16-21(27)33-23/h28-29H,1-17H2. The first-order valence-electron chi connectivity index (χ1n) is 12.0. The Morgan fingerprint density at radius 2 is 0.818 bits per heavy atom. The van der Waals surface area contributed by atoms with Crippen molar-refractivity contribution in [3.8, 4) is 0 Å². The van der Waals surface area contributed by atoms with E-state index < -0.39 is 42.2 Å². The summed E-state index contributed by atoms with van der Waals surface area (Å²) in [6.07, 6.45) is 8.33. The molecule has 0 amide bonds. The Morgan fingerprint density at radius 3 is 1.24 bits per heavy atom. The lowest BCUT2D eigenvalue weighted by molar-refractivity contribution is -0.448. The first-order chi connectivity index (χ1) is 15.7. The lowest BCUT2D eigenvalue weighted by Gasteiger charge is -2.38. The van der Waals surface area contributed by atoms with Gasteiger partial charge in [-0.05, 0) is 25.7 Å². The Labute approximate surface area is 193 Å². The van der Waals surface area contributed by atoms with E-state index in [0.717, 1.165) is 51.4 Å². The van der Waals surface area contributed by atoms with Crippen molar-refractivity contribution >= 4 is 23.9 Å². The van der Waals surface area contributed by atoms with Crippen LogP contribution in [0.3, 0.4) is 0 Å². The van der Waals surface area contributed by atoms with Crippen LogP contribution >= 0.6 is 0 Å². The van der Waals surface area contributed by atoms with Crippen LogP contribution in [0.5, 0.6) is 0 Å². The number of carbonyl (C=O) groups excluding carboxylic acids is 4. The molecule has 2 heterocycles. The fourth-order valence-electron chi connectivity index (χ4n) is 3.76. The summed E-state index contributed by atoms with van der Waals surface area (Å²) in [6, 6.07) is 0. The fraction of sp³-hybridized carbons (Fsp3) is 0.826. The van der Waals surface area contributed by atoms with Crippen LogP contribution in [-0.4, -0.2) is 52.5 Å². The van der Waals surface area contributed by atoms with Crippen molar-refractivity contribution in [2.45, 2.75) is 114 Å². The number of carbonyl (C=O) groups is 4. The molecule has 2 saturated heterocycles. The third-order valence-electron chi connectivity index (χ3n) is 5.73. The third kappa shape index (κ3) is 9.29. The smallest absolute Gasteiger partial charge is 0.447 e. The molecule has 1 atom stereocenters. The number of hydrogen-bond donors (Lipinski definition) is 2. The predicted octanol–water partition coefficient (Wildman–Crippen LogP) is 2.76. The molecule has 0 bridgehead atoms. The van der Waals surface area contributed by atoms with Gasteiger partial charge in [0.2, 0.25) is 0 Å². The Morgan fingerprint density at radius 1 is 0.485 bits per heavy atom. The molecule has 0 radical (unpaired) electrons. The summed E-state index contributed by atoms with van der Waals surface area (Å²) < 4.78 is 20.0. The molecule has 0 aromatic carbocycles. The maximum absolute atomic E-state index is 12.4. The molecule has 0 saturated carbocycles. The van der Waals surface area contributed by atoms with Crippen molar-refractivity contribution in [3.05, 3.63) is 0 Å². The van der Waals surface area contributed by atoms with E-state index in [1.807, 2.05) is 0 Å². The summed E-state index contributed by atoms with van der Waals surface area (Å²) in [6.45, 7) is -1.07. The molecule has 0 aromatic heterocycles. The predicted molar refractivity (Wildman–Crippen MR) is 113 cm³/mol. The van der Waals surface area contributed by atoms with Crippen LogP contribution in [0.25, 0.3) is 0 Å². The van der Waals surface area contributed by atoms with E-state index in [1.165, 1.54) is 0 Å². The number of esters is 4. The van der Waals surface area contributed by atoms with Crippen molar-refractivity contribution in [2.75, 3.05) is 6.61 Å². The normalized spacial score (nSPS) is 27.8. The molecule has 2 aliphatic heterocycles. The van der Waals surface area contributed by atoms with Crippen molar-refractivity contribution < 1.29 is 48.3 Å². The monoisotopic (exact) mass is 472 g/mol. The molecule has 0 aliphatic carbocycles. The first-order valence-corrected chi connectivity index (χ1v) is 12.0. The number of ether oxygens (including phenoxy) is 4. The van der Waals surface area contributed by atoms with Crippen molar-refractivity contribution in [2.24, 2.45) is 0 Å². The van der Waals surface area contributed by atoms with E-state index in [4.69, 9.17) is 18.9 Å². The highest BCUT2D eigenvalue weighted by Gasteiger charge is 2.62. The van der Waals surface area contributed by atoms with E-state index in [9.17, 15) is 29.4 Å². The van der Waals surface area contributed by atoms with Gasteiger partial charge in [0.05, 0.1) is 0 Å². The Bertz CT molecular complexity index is 652. The Kier molecular flexibility index (Phi) is 11.1. The summed E-state index contributed by atoms with van der Waals surface area (Å²) in [7, 11) is 0. The van der Waals surface area contributed by atoms with Gasteiger partial charge in [-0.25, -0.2) is 0 Å². The molecule has 188 valence electrons. The zero-order valence-corrected chi connectivity index (χ0v) is 19.2. The van der Waals surface area contributed by atoms with Crippen LogP contribution in [-0.2, 0) is 38.1 Å². The van der Waals surface area contributed by atoms with Gasteiger partial charge in [-0.1, -0.05) is 51.4 Å². The third-order valence-corrected chi connectivity index (χ3v) is 5.73. The topological polar surface area (TPSA) is 146 Å². The van der Waals surface area contributed by atoms with Gasteiger partial charge in [0, 0.05) is 25.7 Å². The second-order valence-corrected chi connectivity index (χ2v) is 8.69. The van der Waals surface area contributed by atoms with Gasteiger partial charge in [-0.15, -0.1) is 0 Å². The minimum atomic E-state index is -3.37. The highest BCUT2D eigenvalue weighted by molar-refractivity contribution is 5.73. The van der Waals surface area contributed by atoms with Gasteiger partial charge >= 0.3 is 35.6 Å². The lowest BCUT2D eigenvalue weighted by atomic mass is 10.1. The average Bonchev–Trinajstić information content (AvgIpc) is 2.76. The fourth-order valence-corrected chi connectivity index (χ4v) is 3.76. The summed E-state index contributed by atoms with van der Waals surface area (Å²) in [4.78, 5) is 49.3. The van der Waals surface area contributed by atoms with Gasteiger partial charge in [0.15, 0.2) is 6.61 Å². The van der Waals surface area contributed by atoms with E-state index in [1.54, 1.807) is 0 Å². The van der Waals surface area contributed by atoms with Gasteiger partial charge in [-0.3, -0.25) is 19.2 Å². The van der Waals surface area contributed by atoms with Gasteiger partial charge < -0.3 is 29.2 Å². The molecule has 2 aliphatic rings. The molecule has 2 N–H and O–H groups in total. The van der Waals surface area contributed by atoms with Crippen molar-refractivity contribution in [1.29, 1.82) is 0 Å². The maximum atomic E-state index is 12.4. The van der Waals surface area contributed by atoms with Crippen LogP contribution in [0.1, 0.15) is 103 Å². The Hall–Kier alpha value is -2.20. The molecular formula is C23H36O10. The average molecular weight is 473 g/mol. The summed E-state index contributed by atoms with van der Waals surface area (Å²) >= 11 is 0. The molecule has 0 spiro atoms. The second-order valence-electron chi connectivity index (χ2n) is 8.69. The Balaban J connectivity index is 2.29. The van der Waals surface area contributed by atoms with E-state index in [0.29, 0.717) is 25.7 Å². The molecule has 33 heavy (non-hydrogen) atoms. The molecule has 0 aromatic rings. The summed E-state index contributed by atoms with van der Waals surface area (Å²) in [5.74, 6) is -10.0. The molecule has 10 heteroatoms. The molecule has 1 unspecified atom stereocenters. The first kappa shape index (κ1) is 27.0. The highest BCUT2D eigenvalue weighted by Crippen LogP contribution is 2.31. The summed E-state index contributed by atoms with van der Waals surface area (Å²) in [5, 5.41) is 22.2. The SMILES string of the molecule is O=C1CCCCCCCCC(=O)OC(O)(C2(O)OC(=O)CCCCCCCCC(=O)O2)CO1. The number of rotatable bonds is 1. The van der Waals surface area contributed by atoms with Crippen LogP contribution in [0.2, 0.25) is 0 Å². The van der Waals surface area contributed by atoms with E-state index >= 15 is 0 Å². The number of cyclic esters (lactones) is 4. The maximum Gasteiger partial charge on any atom is 0.447 e. The zero-order valence-electron chi connectivity index (χ0n) is 19.2. The lowest BCUT2D eigenvalue weighted by Crippen LogP contribution is -2.64. The van der Waals surface area contributed by atoms with Crippen molar-refractivity contribution in [1.82, 2.24) is 0 Å². The molecular weight excluding hydrogens is 436 g/mol. The minimum absolute atomic E-state index is 0.0576. The van der Waals surface area contributed by atoms with E-state index in [-0.39, 0.29) is 25.7 Å². The van der Waals surface area contributed by atoms with E-state index in [2.05, 4.69) is 0 Å². The van der Waals surface area contributed by atoms with Gasteiger partial charge in [0.25, 0.3) is 0 Å². The van der Waals surface area contributed by atoms with Crippen LogP contribution in [0.15, 0.2) is 0 Å². The molecule has 10 nitrogen and oxygen atoms in total. The molecule has 2 rings (SSSR count). The minimum Gasteiger partial charge on any atom is -0.458 e. The largest absolute Gasteiger partial charge is 0.458 e. The van der Waals surface area contributed by atoms with Crippen LogP contribution in [0, 0.1) is 0 Å². The second kappa shape index (κ2) is 13.5. The number of hydrogen-bond acceptors (Lipinski definition) is 10.